The summed E-state index contributed by atoms with van der Waals surface area (Å²) in [5.41, 5.74) is 2.83. The van der Waals surface area contributed by atoms with Crippen LogP contribution in [0, 0.1) is 6.92 Å². The Morgan fingerprint density at radius 3 is 2.73 bits per heavy atom. The predicted octanol–water partition coefficient (Wildman–Crippen LogP) is 3.80. The average Bonchev–Trinajstić information content (AvgIpc) is 3.08. The quantitative estimate of drug-likeness (QED) is 0.394. The molecule has 2 aromatic heterocycles. The Morgan fingerprint density at radius 1 is 1.20 bits per heavy atom. The first-order valence-corrected chi connectivity index (χ1v) is 9.91. The van der Waals surface area contributed by atoms with Crippen molar-refractivity contribution in [2.45, 2.75) is 39.7 Å². The molecule has 0 aliphatic carbocycles. The molecule has 0 aliphatic heterocycles. The Labute approximate surface area is 175 Å². The molecule has 0 saturated carbocycles. The summed E-state index contributed by atoms with van der Waals surface area (Å²) in [7, 11) is 1.32. The van der Waals surface area contributed by atoms with Gasteiger partial charge in [-0.1, -0.05) is 12.1 Å². The summed E-state index contributed by atoms with van der Waals surface area (Å²) in [6.45, 7) is 5.90. The van der Waals surface area contributed by atoms with Crippen molar-refractivity contribution in [1.82, 2.24) is 9.38 Å². The van der Waals surface area contributed by atoms with E-state index in [9.17, 15) is 9.59 Å². The van der Waals surface area contributed by atoms with E-state index in [2.05, 4.69) is 9.72 Å². The molecule has 0 aliphatic rings. The lowest BCUT2D eigenvalue weighted by atomic mass is 10.0. The number of benzene rings is 1. The van der Waals surface area contributed by atoms with Crippen LogP contribution >= 0.6 is 0 Å². The number of Topliss-reactive ketones (excluding diaryl/α,β-unsaturated/α-hetero) is 1. The molecule has 1 aromatic carbocycles. The smallest absolute Gasteiger partial charge is 0.346 e. The number of fused-ring (bicyclic) bond motifs is 1. The number of imidazole rings is 1. The minimum Gasteiger partial charge on any atom is -0.490 e. The highest BCUT2D eigenvalue weighted by Gasteiger charge is 2.19. The Hall–Kier alpha value is -3.35. The fraction of sp³-hybridized carbons (Fsp3) is 0.348. The van der Waals surface area contributed by atoms with Crippen molar-refractivity contribution in [1.29, 1.82) is 0 Å². The Kier molecular flexibility index (Phi) is 6.72. The molecule has 3 aromatic rings. The monoisotopic (exact) mass is 410 g/mol. The standard InChI is InChI=1S/C23H26N2O5/c1-5-29-20-10-7-13-25-21(15(2)24-22(20)25)19(26)12-11-17-8-6-9-18(14-17)30-16(3)23(27)28-4/h6-10,13-14,16H,5,11-12H2,1-4H3/t16-/m0/s1. The molecule has 1 atom stereocenters. The van der Waals surface area contributed by atoms with Crippen molar-refractivity contribution < 1.29 is 23.8 Å². The van der Waals surface area contributed by atoms with E-state index in [0.29, 0.717) is 48.0 Å². The van der Waals surface area contributed by atoms with E-state index in [1.54, 1.807) is 17.4 Å². The van der Waals surface area contributed by atoms with Gasteiger partial charge < -0.3 is 14.2 Å². The van der Waals surface area contributed by atoms with Crippen LogP contribution in [0.3, 0.4) is 0 Å². The van der Waals surface area contributed by atoms with Gasteiger partial charge in [0.25, 0.3) is 0 Å². The molecule has 7 nitrogen and oxygen atoms in total. The molecule has 158 valence electrons. The topological polar surface area (TPSA) is 79.1 Å². The van der Waals surface area contributed by atoms with E-state index >= 15 is 0 Å². The van der Waals surface area contributed by atoms with Gasteiger partial charge in [-0.2, -0.15) is 0 Å². The largest absolute Gasteiger partial charge is 0.490 e. The number of pyridine rings is 1. The number of methoxy groups -OCH3 is 1. The van der Waals surface area contributed by atoms with Gasteiger partial charge in [0, 0.05) is 12.6 Å². The molecule has 0 radical (unpaired) electrons. The van der Waals surface area contributed by atoms with E-state index in [-0.39, 0.29) is 5.78 Å². The number of aromatic nitrogens is 2. The zero-order valence-corrected chi connectivity index (χ0v) is 17.7. The number of rotatable bonds is 9. The van der Waals surface area contributed by atoms with Crippen LogP contribution < -0.4 is 9.47 Å². The van der Waals surface area contributed by atoms with Gasteiger partial charge in [0.15, 0.2) is 23.3 Å². The maximum absolute atomic E-state index is 13.0. The fourth-order valence-corrected chi connectivity index (χ4v) is 3.33. The van der Waals surface area contributed by atoms with Gasteiger partial charge in [-0.05, 0) is 57.0 Å². The number of aryl methyl sites for hydroxylation is 2. The minimum atomic E-state index is -0.702. The Balaban J connectivity index is 1.73. The van der Waals surface area contributed by atoms with E-state index < -0.39 is 12.1 Å². The summed E-state index contributed by atoms with van der Waals surface area (Å²) >= 11 is 0. The number of nitrogens with zero attached hydrogens (tertiary/aromatic N) is 2. The second-order valence-corrected chi connectivity index (χ2v) is 6.90. The number of hydrogen-bond donors (Lipinski definition) is 0. The van der Waals surface area contributed by atoms with Crippen molar-refractivity contribution in [2.75, 3.05) is 13.7 Å². The molecule has 0 amide bonds. The SMILES string of the molecule is CCOc1cccn2c(C(=O)CCc3cccc(O[C@@H](C)C(=O)OC)c3)c(C)nc12. The molecular weight excluding hydrogens is 384 g/mol. The fourth-order valence-electron chi connectivity index (χ4n) is 3.33. The van der Waals surface area contributed by atoms with Crippen LogP contribution in [0.25, 0.3) is 5.65 Å². The molecule has 0 spiro atoms. The van der Waals surface area contributed by atoms with Crippen molar-refractivity contribution in [2.24, 2.45) is 0 Å². The normalized spacial score (nSPS) is 11.9. The molecule has 0 fully saturated rings. The van der Waals surface area contributed by atoms with E-state index in [1.165, 1.54) is 7.11 Å². The summed E-state index contributed by atoms with van der Waals surface area (Å²) in [5, 5.41) is 0. The van der Waals surface area contributed by atoms with Gasteiger partial charge in [-0.3, -0.25) is 9.20 Å². The van der Waals surface area contributed by atoms with Crippen molar-refractivity contribution in [3.63, 3.8) is 0 Å². The first-order chi connectivity index (χ1) is 14.4. The number of ketones is 1. The van der Waals surface area contributed by atoms with Crippen molar-refractivity contribution in [3.8, 4) is 11.5 Å². The van der Waals surface area contributed by atoms with Crippen LogP contribution in [0.5, 0.6) is 11.5 Å². The van der Waals surface area contributed by atoms with Gasteiger partial charge in [-0.15, -0.1) is 0 Å². The van der Waals surface area contributed by atoms with Crippen LogP contribution in [0.2, 0.25) is 0 Å². The maximum Gasteiger partial charge on any atom is 0.346 e. The van der Waals surface area contributed by atoms with Crippen molar-refractivity contribution >= 4 is 17.4 Å². The number of carbonyl (C=O) groups is 2. The first kappa shape index (κ1) is 21.4. The summed E-state index contributed by atoms with van der Waals surface area (Å²) in [6, 6.07) is 11.1. The molecular formula is C23H26N2O5. The van der Waals surface area contributed by atoms with Gasteiger partial charge in [-0.25, -0.2) is 9.78 Å². The molecule has 0 bridgehead atoms. The lowest BCUT2D eigenvalue weighted by Gasteiger charge is -2.13. The molecule has 3 rings (SSSR count). The summed E-state index contributed by atoms with van der Waals surface area (Å²) in [6.07, 6.45) is 1.99. The number of carbonyl (C=O) groups excluding carboxylic acids is 2. The van der Waals surface area contributed by atoms with E-state index in [1.807, 2.05) is 50.4 Å². The van der Waals surface area contributed by atoms with E-state index in [0.717, 1.165) is 5.56 Å². The zero-order valence-electron chi connectivity index (χ0n) is 17.7. The van der Waals surface area contributed by atoms with Crippen LogP contribution in [-0.2, 0) is 16.0 Å². The van der Waals surface area contributed by atoms with Gasteiger partial charge in [0.1, 0.15) is 11.4 Å². The highest BCUT2D eigenvalue weighted by Crippen LogP contribution is 2.24. The molecule has 30 heavy (non-hydrogen) atoms. The average molecular weight is 410 g/mol. The Morgan fingerprint density at radius 2 is 2.00 bits per heavy atom. The summed E-state index contributed by atoms with van der Waals surface area (Å²) in [4.78, 5) is 29.1. The van der Waals surface area contributed by atoms with Crippen LogP contribution in [0.15, 0.2) is 42.6 Å². The van der Waals surface area contributed by atoms with Gasteiger partial charge in [0.05, 0.1) is 19.4 Å². The number of esters is 1. The van der Waals surface area contributed by atoms with E-state index in [4.69, 9.17) is 9.47 Å². The second-order valence-electron chi connectivity index (χ2n) is 6.90. The van der Waals surface area contributed by atoms with Crippen LogP contribution in [-0.4, -0.2) is 41.0 Å². The molecule has 0 saturated heterocycles. The second kappa shape index (κ2) is 9.43. The predicted molar refractivity (Wildman–Crippen MR) is 112 cm³/mol. The first-order valence-electron chi connectivity index (χ1n) is 9.91. The molecule has 2 heterocycles. The summed E-state index contributed by atoms with van der Waals surface area (Å²) < 4.78 is 17.7. The third-order valence-corrected chi connectivity index (χ3v) is 4.74. The van der Waals surface area contributed by atoms with Crippen LogP contribution in [0.1, 0.15) is 42.0 Å². The summed E-state index contributed by atoms with van der Waals surface area (Å²) in [5.74, 6) is 0.782. The van der Waals surface area contributed by atoms with Crippen molar-refractivity contribution in [3.05, 3.63) is 59.5 Å². The highest BCUT2D eigenvalue weighted by molar-refractivity contribution is 5.96. The highest BCUT2D eigenvalue weighted by atomic mass is 16.6. The number of hydrogen-bond acceptors (Lipinski definition) is 6. The lowest BCUT2D eigenvalue weighted by Crippen LogP contribution is -2.24. The number of ether oxygens (including phenoxy) is 3. The Bertz CT molecular complexity index is 1060. The maximum atomic E-state index is 13.0. The molecule has 7 heteroatoms. The lowest BCUT2D eigenvalue weighted by molar-refractivity contribution is -0.147. The molecule has 0 unspecified atom stereocenters. The third kappa shape index (κ3) is 4.62. The van der Waals surface area contributed by atoms with Gasteiger partial charge in [0.2, 0.25) is 0 Å². The van der Waals surface area contributed by atoms with Crippen LogP contribution in [0.4, 0.5) is 0 Å². The minimum absolute atomic E-state index is 0.00268. The van der Waals surface area contributed by atoms with Gasteiger partial charge >= 0.3 is 5.97 Å². The third-order valence-electron chi connectivity index (χ3n) is 4.74. The zero-order chi connectivity index (χ0) is 21.7. The molecule has 0 N–H and O–H groups in total.